The smallest absolute Gasteiger partial charge is 0.242 e. The minimum Gasteiger partial charge on any atom is -0.350 e. The van der Waals surface area contributed by atoms with E-state index >= 15 is 0 Å². The maximum atomic E-state index is 13.1. The standard InChI is InChI=1S/C24H31ClN2O2/c1-17-10-12-19(13-11-17)16-27(18(2)23(29)26-24(3,4)5)22(28)15-14-20-8-6-7-9-21(20)25/h6-13,18H,14-16H2,1-5H3,(H,26,29)/t18-/m0/s1. The molecule has 2 aromatic carbocycles. The van der Waals surface area contributed by atoms with Crippen molar-refractivity contribution in [3.05, 3.63) is 70.2 Å². The lowest BCUT2D eigenvalue weighted by Gasteiger charge is -2.31. The Morgan fingerprint density at radius 3 is 2.28 bits per heavy atom. The number of nitrogens with one attached hydrogen (secondary N) is 1. The number of carbonyl (C=O) groups excluding carboxylic acids is 2. The van der Waals surface area contributed by atoms with E-state index in [9.17, 15) is 9.59 Å². The molecule has 5 heteroatoms. The quantitative estimate of drug-likeness (QED) is 0.699. The van der Waals surface area contributed by atoms with E-state index < -0.39 is 6.04 Å². The summed E-state index contributed by atoms with van der Waals surface area (Å²) in [4.78, 5) is 27.5. The number of aryl methyl sites for hydroxylation is 2. The first-order valence-electron chi connectivity index (χ1n) is 9.97. The number of hydrogen-bond acceptors (Lipinski definition) is 2. The zero-order valence-corrected chi connectivity index (χ0v) is 18.7. The molecule has 156 valence electrons. The van der Waals surface area contributed by atoms with Gasteiger partial charge in [0.2, 0.25) is 11.8 Å². The van der Waals surface area contributed by atoms with Crippen LogP contribution in [0.25, 0.3) is 0 Å². The van der Waals surface area contributed by atoms with Crippen LogP contribution >= 0.6 is 11.6 Å². The molecule has 29 heavy (non-hydrogen) atoms. The first-order chi connectivity index (χ1) is 13.6. The van der Waals surface area contributed by atoms with Crippen molar-refractivity contribution in [1.29, 1.82) is 0 Å². The van der Waals surface area contributed by atoms with Crippen LogP contribution in [0.15, 0.2) is 48.5 Å². The lowest BCUT2D eigenvalue weighted by molar-refractivity contribution is -0.141. The Morgan fingerprint density at radius 1 is 1.07 bits per heavy atom. The van der Waals surface area contributed by atoms with Gasteiger partial charge in [-0.05, 0) is 58.2 Å². The molecule has 2 aromatic rings. The van der Waals surface area contributed by atoms with Crippen LogP contribution in [0.2, 0.25) is 5.02 Å². The van der Waals surface area contributed by atoms with Crippen molar-refractivity contribution in [3.8, 4) is 0 Å². The molecule has 1 atom stereocenters. The van der Waals surface area contributed by atoms with Crippen LogP contribution in [0.3, 0.4) is 0 Å². The summed E-state index contributed by atoms with van der Waals surface area (Å²) in [6.45, 7) is 9.99. The van der Waals surface area contributed by atoms with E-state index in [0.29, 0.717) is 24.4 Å². The fraction of sp³-hybridized carbons (Fsp3) is 0.417. The molecule has 0 aromatic heterocycles. The summed E-state index contributed by atoms with van der Waals surface area (Å²) in [5, 5.41) is 3.63. The van der Waals surface area contributed by atoms with Crippen LogP contribution in [-0.2, 0) is 22.6 Å². The second kappa shape index (κ2) is 9.93. The molecule has 0 radical (unpaired) electrons. The average molecular weight is 415 g/mol. The summed E-state index contributed by atoms with van der Waals surface area (Å²) >= 11 is 6.23. The molecule has 0 saturated carbocycles. The second-order valence-corrected chi connectivity index (χ2v) is 8.92. The lowest BCUT2D eigenvalue weighted by Crippen LogP contribution is -2.52. The highest BCUT2D eigenvalue weighted by molar-refractivity contribution is 6.31. The third-order valence-corrected chi connectivity index (χ3v) is 5.07. The first kappa shape index (κ1) is 23.0. The largest absolute Gasteiger partial charge is 0.350 e. The van der Waals surface area contributed by atoms with E-state index in [1.807, 2.05) is 76.2 Å². The van der Waals surface area contributed by atoms with Crippen molar-refractivity contribution < 1.29 is 9.59 Å². The van der Waals surface area contributed by atoms with E-state index in [1.165, 1.54) is 0 Å². The zero-order chi connectivity index (χ0) is 21.6. The molecule has 2 amide bonds. The van der Waals surface area contributed by atoms with Gasteiger partial charge in [0.15, 0.2) is 0 Å². The summed E-state index contributed by atoms with van der Waals surface area (Å²) in [5.74, 6) is -0.224. The molecule has 0 aliphatic carbocycles. The Balaban J connectivity index is 2.18. The SMILES string of the molecule is Cc1ccc(CN(C(=O)CCc2ccccc2Cl)[C@@H](C)C(=O)NC(C)(C)C)cc1. The lowest BCUT2D eigenvalue weighted by atomic mass is 10.1. The summed E-state index contributed by atoms with van der Waals surface area (Å²) in [6.07, 6.45) is 0.833. The predicted molar refractivity (Wildman–Crippen MR) is 119 cm³/mol. The van der Waals surface area contributed by atoms with Gasteiger partial charge in [0, 0.05) is 23.5 Å². The molecule has 0 aliphatic heterocycles. The molecule has 0 bridgehead atoms. The van der Waals surface area contributed by atoms with Crippen molar-refractivity contribution in [3.63, 3.8) is 0 Å². The predicted octanol–water partition coefficient (Wildman–Crippen LogP) is 4.91. The fourth-order valence-corrected chi connectivity index (χ4v) is 3.26. The van der Waals surface area contributed by atoms with Crippen LogP contribution in [0, 0.1) is 6.92 Å². The number of amides is 2. The highest BCUT2D eigenvalue weighted by Gasteiger charge is 2.28. The van der Waals surface area contributed by atoms with Gasteiger partial charge in [0.05, 0.1) is 0 Å². The van der Waals surface area contributed by atoms with Gasteiger partial charge in [-0.2, -0.15) is 0 Å². The van der Waals surface area contributed by atoms with Gasteiger partial charge in [-0.15, -0.1) is 0 Å². The molecule has 4 nitrogen and oxygen atoms in total. The van der Waals surface area contributed by atoms with Gasteiger partial charge in [-0.25, -0.2) is 0 Å². The van der Waals surface area contributed by atoms with E-state index in [4.69, 9.17) is 11.6 Å². The van der Waals surface area contributed by atoms with E-state index in [2.05, 4.69) is 5.32 Å². The van der Waals surface area contributed by atoms with Gasteiger partial charge in [0.1, 0.15) is 6.04 Å². The Kier molecular flexibility index (Phi) is 7.86. The van der Waals surface area contributed by atoms with Gasteiger partial charge in [0.25, 0.3) is 0 Å². The van der Waals surface area contributed by atoms with Crippen molar-refractivity contribution in [2.24, 2.45) is 0 Å². The third-order valence-electron chi connectivity index (χ3n) is 4.71. The van der Waals surface area contributed by atoms with E-state index in [-0.39, 0.29) is 17.4 Å². The van der Waals surface area contributed by atoms with E-state index in [1.54, 1.807) is 11.8 Å². The van der Waals surface area contributed by atoms with Gasteiger partial charge >= 0.3 is 0 Å². The number of hydrogen-bond donors (Lipinski definition) is 1. The average Bonchev–Trinajstić information content (AvgIpc) is 2.64. The number of carbonyl (C=O) groups is 2. The van der Waals surface area contributed by atoms with Crippen LogP contribution < -0.4 is 5.32 Å². The molecule has 2 rings (SSSR count). The highest BCUT2D eigenvalue weighted by atomic mass is 35.5. The molecular formula is C24H31ClN2O2. The molecule has 0 saturated heterocycles. The van der Waals surface area contributed by atoms with Crippen LogP contribution in [0.5, 0.6) is 0 Å². The molecule has 0 aliphatic rings. The van der Waals surface area contributed by atoms with Crippen LogP contribution in [-0.4, -0.2) is 28.3 Å². The Bertz CT molecular complexity index is 841. The van der Waals surface area contributed by atoms with Crippen molar-refractivity contribution in [1.82, 2.24) is 10.2 Å². The Morgan fingerprint density at radius 2 is 1.69 bits per heavy atom. The van der Waals surface area contributed by atoms with Gasteiger partial charge in [-0.1, -0.05) is 59.6 Å². The van der Waals surface area contributed by atoms with Crippen LogP contribution in [0.1, 0.15) is 50.8 Å². The van der Waals surface area contributed by atoms with Crippen LogP contribution in [0.4, 0.5) is 0 Å². The molecule has 1 N–H and O–H groups in total. The summed E-state index contributed by atoms with van der Waals surface area (Å²) in [5.41, 5.74) is 2.73. The number of halogens is 1. The minimum absolute atomic E-state index is 0.0675. The number of rotatable bonds is 7. The molecule has 0 spiro atoms. The summed E-state index contributed by atoms with van der Waals surface area (Å²) in [7, 11) is 0. The monoisotopic (exact) mass is 414 g/mol. The Labute approximate surface area is 179 Å². The number of benzene rings is 2. The number of nitrogens with zero attached hydrogens (tertiary/aromatic N) is 1. The van der Waals surface area contributed by atoms with Gasteiger partial charge < -0.3 is 10.2 Å². The van der Waals surface area contributed by atoms with Crippen molar-refractivity contribution in [2.75, 3.05) is 0 Å². The molecular weight excluding hydrogens is 384 g/mol. The first-order valence-corrected chi connectivity index (χ1v) is 10.3. The maximum Gasteiger partial charge on any atom is 0.242 e. The zero-order valence-electron chi connectivity index (χ0n) is 18.0. The fourth-order valence-electron chi connectivity index (χ4n) is 3.03. The summed E-state index contributed by atoms with van der Waals surface area (Å²) < 4.78 is 0. The van der Waals surface area contributed by atoms with Crippen molar-refractivity contribution >= 4 is 23.4 Å². The normalized spacial score (nSPS) is 12.3. The molecule has 0 fully saturated rings. The van der Waals surface area contributed by atoms with Gasteiger partial charge in [-0.3, -0.25) is 9.59 Å². The van der Waals surface area contributed by atoms with Crippen molar-refractivity contribution in [2.45, 2.75) is 65.6 Å². The molecule has 0 unspecified atom stereocenters. The third kappa shape index (κ3) is 7.21. The van der Waals surface area contributed by atoms with E-state index in [0.717, 1.165) is 16.7 Å². The maximum absolute atomic E-state index is 13.1. The minimum atomic E-state index is -0.575. The highest BCUT2D eigenvalue weighted by Crippen LogP contribution is 2.19. The topological polar surface area (TPSA) is 49.4 Å². The second-order valence-electron chi connectivity index (χ2n) is 8.51. The molecule has 0 heterocycles. The Hall–Kier alpha value is -2.33. The summed E-state index contributed by atoms with van der Waals surface area (Å²) in [6, 6.07) is 15.0.